The Balaban J connectivity index is 2.24. The lowest BCUT2D eigenvalue weighted by Gasteiger charge is -2.06. The SMILES string of the molecule is [CH2]c1ncccc1Oc1ccccc1. The number of nitrogens with zero attached hydrogens (tertiary/aromatic N) is 1. The van der Waals surface area contributed by atoms with Crippen LogP contribution in [0.2, 0.25) is 0 Å². The number of rotatable bonds is 2. The first-order valence-corrected chi connectivity index (χ1v) is 4.36. The van der Waals surface area contributed by atoms with E-state index in [0.717, 1.165) is 5.75 Å². The molecule has 0 N–H and O–H groups in total. The molecule has 0 spiro atoms. The maximum atomic E-state index is 5.58. The van der Waals surface area contributed by atoms with Crippen LogP contribution in [0.25, 0.3) is 0 Å². The highest BCUT2D eigenvalue weighted by molar-refractivity contribution is 5.34. The lowest BCUT2D eigenvalue weighted by Crippen LogP contribution is -1.88. The number of ether oxygens (including phenoxy) is 1. The molecule has 0 aliphatic heterocycles. The van der Waals surface area contributed by atoms with E-state index in [-0.39, 0.29) is 0 Å². The number of pyridine rings is 1. The van der Waals surface area contributed by atoms with E-state index in [4.69, 9.17) is 4.74 Å². The fourth-order valence-corrected chi connectivity index (χ4v) is 1.13. The lowest BCUT2D eigenvalue weighted by molar-refractivity contribution is 0.478. The third-order valence-electron chi connectivity index (χ3n) is 1.82. The van der Waals surface area contributed by atoms with Crippen molar-refractivity contribution in [3.8, 4) is 11.5 Å². The summed E-state index contributed by atoms with van der Waals surface area (Å²) >= 11 is 0. The van der Waals surface area contributed by atoms with Crippen LogP contribution < -0.4 is 4.74 Å². The van der Waals surface area contributed by atoms with Gasteiger partial charge >= 0.3 is 0 Å². The largest absolute Gasteiger partial charge is 0.455 e. The average Bonchev–Trinajstić information content (AvgIpc) is 2.23. The molecule has 1 radical (unpaired) electrons. The van der Waals surface area contributed by atoms with Crippen LogP contribution in [0.15, 0.2) is 48.7 Å². The van der Waals surface area contributed by atoms with E-state index >= 15 is 0 Å². The van der Waals surface area contributed by atoms with Crippen molar-refractivity contribution >= 4 is 0 Å². The zero-order valence-corrected chi connectivity index (χ0v) is 7.68. The molecule has 0 amide bonds. The predicted molar refractivity (Wildman–Crippen MR) is 55.2 cm³/mol. The van der Waals surface area contributed by atoms with Gasteiger partial charge in [-0.15, -0.1) is 0 Å². The summed E-state index contributed by atoms with van der Waals surface area (Å²) in [4.78, 5) is 4.04. The first-order valence-electron chi connectivity index (χ1n) is 4.36. The summed E-state index contributed by atoms with van der Waals surface area (Å²) in [6.45, 7) is 3.78. The molecule has 1 aromatic carbocycles. The second kappa shape index (κ2) is 3.92. The van der Waals surface area contributed by atoms with Crippen molar-refractivity contribution in [2.75, 3.05) is 0 Å². The van der Waals surface area contributed by atoms with Crippen molar-refractivity contribution in [1.82, 2.24) is 4.98 Å². The van der Waals surface area contributed by atoms with E-state index in [1.54, 1.807) is 6.20 Å². The van der Waals surface area contributed by atoms with Crippen LogP contribution >= 0.6 is 0 Å². The Labute approximate surface area is 83.2 Å². The van der Waals surface area contributed by atoms with E-state index in [0.29, 0.717) is 11.4 Å². The molecule has 2 aromatic rings. The van der Waals surface area contributed by atoms with Crippen LogP contribution in [0.5, 0.6) is 11.5 Å². The number of hydrogen-bond donors (Lipinski definition) is 0. The van der Waals surface area contributed by atoms with Gasteiger partial charge in [0.25, 0.3) is 0 Å². The van der Waals surface area contributed by atoms with Crippen molar-refractivity contribution in [2.24, 2.45) is 0 Å². The fourth-order valence-electron chi connectivity index (χ4n) is 1.13. The van der Waals surface area contributed by atoms with Gasteiger partial charge in [0.05, 0.1) is 5.69 Å². The molecule has 2 heteroatoms. The highest BCUT2D eigenvalue weighted by Gasteiger charge is 1.99. The monoisotopic (exact) mass is 184 g/mol. The van der Waals surface area contributed by atoms with Gasteiger partial charge in [-0.3, -0.25) is 4.98 Å². The molecule has 69 valence electrons. The van der Waals surface area contributed by atoms with E-state index in [1.165, 1.54) is 0 Å². The van der Waals surface area contributed by atoms with Gasteiger partial charge in [0.2, 0.25) is 0 Å². The second-order valence-corrected chi connectivity index (χ2v) is 2.86. The van der Waals surface area contributed by atoms with Gasteiger partial charge in [-0.2, -0.15) is 0 Å². The molecule has 2 rings (SSSR count). The van der Waals surface area contributed by atoms with Crippen molar-refractivity contribution in [3.05, 3.63) is 61.3 Å². The van der Waals surface area contributed by atoms with Crippen molar-refractivity contribution in [1.29, 1.82) is 0 Å². The van der Waals surface area contributed by atoms with Crippen LogP contribution in [0, 0.1) is 6.92 Å². The van der Waals surface area contributed by atoms with Gasteiger partial charge in [-0.05, 0) is 31.2 Å². The van der Waals surface area contributed by atoms with Gasteiger partial charge in [-0.1, -0.05) is 18.2 Å². The molecule has 0 aliphatic carbocycles. The van der Waals surface area contributed by atoms with Gasteiger partial charge in [0.1, 0.15) is 11.5 Å². The molecular formula is C12H10NO. The molecule has 1 heterocycles. The topological polar surface area (TPSA) is 22.1 Å². The molecule has 0 bridgehead atoms. The Morgan fingerprint density at radius 2 is 1.79 bits per heavy atom. The minimum Gasteiger partial charge on any atom is -0.455 e. The molecule has 0 atom stereocenters. The van der Waals surface area contributed by atoms with Crippen LogP contribution in [-0.2, 0) is 0 Å². The summed E-state index contributed by atoms with van der Waals surface area (Å²) in [7, 11) is 0. The van der Waals surface area contributed by atoms with E-state index in [1.807, 2.05) is 42.5 Å². The minimum atomic E-state index is 0.649. The summed E-state index contributed by atoms with van der Waals surface area (Å²) in [6, 6.07) is 13.3. The van der Waals surface area contributed by atoms with Gasteiger partial charge in [0, 0.05) is 6.20 Å². The van der Waals surface area contributed by atoms with Gasteiger partial charge in [0.15, 0.2) is 0 Å². The highest BCUT2D eigenvalue weighted by atomic mass is 16.5. The Kier molecular flexibility index (Phi) is 2.45. The van der Waals surface area contributed by atoms with E-state index in [9.17, 15) is 0 Å². The van der Waals surface area contributed by atoms with Crippen LogP contribution in [0.1, 0.15) is 5.69 Å². The molecule has 0 saturated heterocycles. The molecular weight excluding hydrogens is 174 g/mol. The van der Waals surface area contributed by atoms with Crippen LogP contribution in [0.3, 0.4) is 0 Å². The molecule has 0 saturated carbocycles. The molecule has 14 heavy (non-hydrogen) atoms. The number of benzene rings is 1. The minimum absolute atomic E-state index is 0.649. The van der Waals surface area contributed by atoms with E-state index < -0.39 is 0 Å². The number of aromatic nitrogens is 1. The summed E-state index contributed by atoms with van der Waals surface area (Å²) in [6.07, 6.45) is 1.69. The van der Waals surface area contributed by atoms with Crippen molar-refractivity contribution in [3.63, 3.8) is 0 Å². The predicted octanol–water partition coefficient (Wildman–Crippen LogP) is 3.06. The quantitative estimate of drug-likeness (QED) is 0.715. The smallest absolute Gasteiger partial charge is 0.148 e. The Hall–Kier alpha value is -1.83. The molecule has 1 aromatic heterocycles. The third-order valence-corrected chi connectivity index (χ3v) is 1.82. The molecule has 0 fully saturated rings. The van der Waals surface area contributed by atoms with Crippen molar-refractivity contribution in [2.45, 2.75) is 0 Å². The Bertz CT molecular complexity index is 412. The first kappa shape index (κ1) is 8.75. The normalized spacial score (nSPS) is 9.79. The number of para-hydroxylation sites is 1. The molecule has 0 unspecified atom stereocenters. The van der Waals surface area contributed by atoms with E-state index in [2.05, 4.69) is 11.9 Å². The van der Waals surface area contributed by atoms with Crippen LogP contribution in [-0.4, -0.2) is 4.98 Å². The average molecular weight is 184 g/mol. The second-order valence-electron chi connectivity index (χ2n) is 2.86. The highest BCUT2D eigenvalue weighted by Crippen LogP contribution is 2.22. The standard InChI is InChI=1S/C12H10NO/c1-10-12(8-5-9-13-10)14-11-6-3-2-4-7-11/h2-9H,1H2. The fraction of sp³-hybridized carbons (Fsp3) is 0. The Morgan fingerprint density at radius 3 is 2.50 bits per heavy atom. The summed E-state index contributed by atoms with van der Waals surface area (Å²) in [5.74, 6) is 1.49. The maximum absolute atomic E-state index is 5.58. The summed E-state index contributed by atoms with van der Waals surface area (Å²) < 4.78 is 5.58. The van der Waals surface area contributed by atoms with Crippen LogP contribution in [0.4, 0.5) is 0 Å². The van der Waals surface area contributed by atoms with Gasteiger partial charge in [-0.25, -0.2) is 0 Å². The molecule has 2 nitrogen and oxygen atoms in total. The lowest BCUT2D eigenvalue weighted by atomic mass is 10.3. The van der Waals surface area contributed by atoms with Gasteiger partial charge < -0.3 is 4.74 Å². The zero-order valence-electron chi connectivity index (χ0n) is 7.68. The van der Waals surface area contributed by atoms with Crippen molar-refractivity contribution < 1.29 is 4.74 Å². The Morgan fingerprint density at radius 1 is 1.00 bits per heavy atom. The zero-order chi connectivity index (χ0) is 9.80. The number of hydrogen-bond acceptors (Lipinski definition) is 2. The first-order chi connectivity index (χ1) is 6.86. The third kappa shape index (κ3) is 1.91. The molecule has 0 aliphatic rings. The maximum Gasteiger partial charge on any atom is 0.148 e. The summed E-state index contributed by atoms with van der Waals surface area (Å²) in [5, 5.41) is 0. The summed E-state index contributed by atoms with van der Waals surface area (Å²) in [5.41, 5.74) is 0.649.